The van der Waals surface area contributed by atoms with Crippen LogP contribution >= 0.6 is 15.9 Å². The Balaban J connectivity index is 2.14. The number of carbonyl (C=O) groups is 1. The molecular weight excluding hydrogens is 325 g/mol. The number of nitrogens with one attached hydrogen (secondary N) is 1. The molecule has 1 aromatic rings. The molecule has 1 amide bonds. The van der Waals surface area contributed by atoms with Gasteiger partial charge < -0.3 is 10.1 Å². The molecule has 2 rings (SSSR count). The lowest BCUT2D eigenvalue weighted by molar-refractivity contribution is 0.0886. The molecule has 0 radical (unpaired) electrons. The summed E-state index contributed by atoms with van der Waals surface area (Å²) in [6, 6.07) is 4.18. The summed E-state index contributed by atoms with van der Waals surface area (Å²) in [7, 11) is 1.39. The second-order valence-corrected chi connectivity index (χ2v) is 5.84. The van der Waals surface area contributed by atoms with Gasteiger partial charge in [-0.25, -0.2) is 4.39 Å². The van der Waals surface area contributed by atoms with Crippen LogP contribution in [0, 0.1) is 5.82 Å². The van der Waals surface area contributed by atoms with Gasteiger partial charge in [0.2, 0.25) is 0 Å². The third-order valence-electron chi connectivity index (χ3n) is 3.86. The van der Waals surface area contributed by atoms with Gasteiger partial charge in [-0.05, 0) is 31.0 Å². The molecule has 0 unspecified atom stereocenters. The molecule has 0 saturated heterocycles. The quantitative estimate of drug-likeness (QED) is 0.847. The van der Waals surface area contributed by atoms with Crippen molar-refractivity contribution in [3.05, 3.63) is 29.6 Å². The number of carbonyl (C=O) groups excluding carboxylic acids is 1. The first kappa shape index (κ1) is 15.3. The zero-order valence-corrected chi connectivity index (χ0v) is 13.1. The van der Waals surface area contributed by atoms with Crippen molar-refractivity contribution in [3.8, 4) is 5.75 Å². The van der Waals surface area contributed by atoms with Crippen LogP contribution in [0.3, 0.4) is 0 Å². The van der Waals surface area contributed by atoms with Crippen LogP contribution in [-0.2, 0) is 0 Å². The lowest BCUT2D eigenvalue weighted by Crippen LogP contribution is -2.51. The molecule has 5 heteroatoms. The number of benzene rings is 1. The van der Waals surface area contributed by atoms with Crippen LogP contribution in [0.4, 0.5) is 4.39 Å². The molecule has 20 heavy (non-hydrogen) atoms. The van der Waals surface area contributed by atoms with Gasteiger partial charge in [0.05, 0.1) is 12.6 Å². The van der Waals surface area contributed by atoms with Gasteiger partial charge in [0.25, 0.3) is 5.91 Å². The van der Waals surface area contributed by atoms with Gasteiger partial charge >= 0.3 is 0 Å². The van der Waals surface area contributed by atoms with E-state index in [4.69, 9.17) is 4.74 Å². The third-order valence-corrected chi connectivity index (χ3v) is 4.93. The van der Waals surface area contributed by atoms with Gasteiger partial charge in [-0.2, -0.15) is 0 Å². The predicted molar refractivity (Wildman–Crippen MR) is 80.0 cm³/mol. The fourth-order valence-corrected chi connectivity index (χ4v) is 3.34. The van der Waals surface area contributed by atoms with Crippen LogP contribution in [-0.4, -0.2) is 23.9 Å². The highest BCUT2D eigenvalue weighted by atomic mass is 79.9. The van der Waals surface area contributed by atoms with E-state index in [9.17, 15) is 9.18 Å². The Morgan fingerprint density at radius 1 is 1.40 bits per heavy atom. The first-order chi connectivity index (χ1) is 9.60. The fourth-order valence-electron chi connectivity index (χ4n) is 2.63. The van der Waals surface area contributed by atoms with E-state index in [1.54, 1.807) is 0 Å². The standard InChI is InChI=1S/C15H19BrFNO2/c1-20-13-9-11(5-6-12(13)17)14(19)18-15(10-16)7-3-2-4-8-15/h5-6,9H,2-4,7-8,10H2,1H3,(H,18,19). The monoisotopic (exact) mass is 343 g/mol. The largest absolute Gasteiger partial charge is 0.494 e. The predicted octanol–water partition coefficient (Wildman–Crippen LogP) is 3.66. The van der Waals surface area contributed by atoms with Crippen LogP contribution in [0.5, 0.6) is 5.75 Å². The molecule has 0 atom stereocenters. The van der Waals surface area contributed by atoms with Gasteiger partial charge in [0, 0.05) is 10.9 Å². The van der Waals surface area contributed by atoms with Crippen molar-refractivity contribution < 1.29 is 13.9 Å². The summed E-state index contributed by atoms with van der Waals surface area (Å²) < 4.78 is 18.3. The molecule has 1 N–H and O–H groups in total. The van der Waals surface area contributed by atoms with Crippen molar-refractivity contribution in [2.45, 2.75) is 37.6 Å². The summed E-state index contributed by atoms with van der Waals surface area (Å²) in [6.07, 6.45) is 5.41. The van der Waals surface area contributed by atoms with Crippen molar-refractivity contribution in [1.29, 1.82) is 0 Å². The molecule has 0 aromatic heterocycles. The zero-order chi connectivity index (χ0) is 14.6. The molecule has 3 nitrogen and oxygen atoms in total. The molecule has 1 aliphatic rings. The topological polar surface area (TPSA) is 38.3 Å². The number of hydrogen-bond donors (Lipinski definition) is 1. The van der Waals surface area contributed by atoms with E-state index >= 15 is 0 Å². The summed E-state index contributed by atoms with van der Waals surface area (Å²) in [4.78, 5) is 12.3. The second kappa shape index (κ2) is 6.57. The fraction of sp³-hybridized carbons (Fsp3) is 0.533. The normalized spacial score (nSPS) is 17.6. The molecule has 1 fully saturated rings. The molecule has 1 aromatic carbocycles. The van der Waals surface area contributed by atoms with Crippen LogP contribution in [0.1, 0.15) is 42.5 Å². The van der Waals surface area contributed by atoms with Crippen molar-refractivity contribution in [2.75, 3.05) is 12.4 Å². The summed E-state index contributed by atoms with van der Waals surface area (Å²) in [5.41, 5.74) is 0.242. The van der Waals surface area contributed by atoms with Crippen molar-refractivity contribution >= 4 is 21.8 Å². The van der Waals surface area contributed by atoms with E-state index in [0.717, 1.165) is 31.0 Å². The Hall–Kier alpha value is -1.10. The van der Waals surface area contributed by atoms with Crippen molar-refractivity contribution in [3.63, 3.8) is 0 Å². The summed E-state index contributed by atoms with van der Waals surface area (Å²) in [6.45, 7) is 0. The van der Waals surface area contributed by atoms with Crippen molar-refractivity contribution in [2.24, 2.45) is 0 Å². The molecule has 0 heterocycles. The summed E-state index contributed by atoms with van der Waals surface area (Å²) in [5, 5.41) is 3.85. The Morgan fingerprint density at radius 2 is 2.10 bits per heavy atom. The van der Waals surface area contributed by atoms with Crippen LogP contribution in [0.25, 0.3) is 0 Å². The number of amides is 1. The van der Waals surface area contributed by atoms with Gasteiger partial charge in [-0.1, -0.05) is 35.2 Å². The minimum absolute atomic E-state index is 0.0918. The molecular formula is C15H19BrFNO2. The molecule has 1 aliphatic carbocycles. The smallest absolute Gasteiger partial charge is 0.251 e. The Bertz CT molecular complexity index is 487. The molecule has 0 spiro atoms. The Morgan fingerprint density at radius 3 is 2.70 bits per heavy atom. The average Bonchev–Trinajstić information content (AvgIpc) is 2.48. The maximum atomic E-state index is 13.4. The first-order valence-electron chi connectivity index (χ1n) is 6.82. The lowest BCUT2D eigenvalue weighted by atomic mass is 9.83. The highest BCUT2D eigenvalue weighted by Crippen LogP contribution is 2.30. The number of halogens is 2. The number of hydrogen-bond acceptors (Lipinski definition) is 2. The van der Waals surface area contributed by atoms with E-state index in [-0.39, 0.29) is 17.2 Å². The number of ether oxygens (including phenoxy) is 1. The Labute approximate surface area is 127 Å². The van der Waals surface area contributed by atoms with Gasteiger partial charge in [0.15, 0.2) is 11.6 Å². The number of alkyl halides is 1. The highest BCUT2D eigenvalue weighted by molar-refractivity contribution is 9.09. The molecule has 1 saturated carbocycles. The van der Waals surface area contributed by atoms with Gasteiger partial charge in [0.1, 0.15) is 0 Å². The highest BCUT2D eigenvalue weighted by Gasteiger charge is 2.32. The van der Waals surface area contributed by atoms with Crippen LogP contribution in [0.2, 0.25) is 0 Å². The van der Waals surface area contributed by atoms with Gasteiger partial charge in [-0.3, -0.25) is 4.79 Å². The van der Waals surface area contributed by atoms with E-state index < -0.39 is 5.82 Å². The zero-order valence-electron chi connectivity index (χ0n) is 11.5. The maximum Gasteiger partial charge on any atom is 0.251 e. The van der Waals surface area contributed by atoms with E-state index in [1.807, 2.05) is 0 Å². The van der Waals surface area contributed by atoms with Crippen LogP contribution < -0.4 is 10.1 Å². The minimum atomic E-state index is -0.461. The van der Waals surface area contributed by atoms with Crippen molar-refractivity contribution in [1.82, 2.24) is 5.32 Å². The third kappa shape index (κ3) is 3.32. The average molecular weight is 344 g/mol. The molecule has 0 aliphatic heterocycles. The van der Waals surface area contributed by atoms with E-state index in [1.165, 1.54) is 31.7 Å². The summed E-state index contributed by atoms with van der Waals surface area (Å²) in [5.74, 6) is -0.546. The summed E-state index contributed by atoms with van der Waals surface area (Å²) >= 11 is 3.51. The number of methoxy groups -OCH3 is 1. The van der Waals surface area contributed by atoms with Gasteiger partial charge in [-0.15, -0.1) is 0 Å². The minimum Gasteiger partial charge on any atom is -0.494 e. The van der Waals surface area contributed by atoms with E-state index in [2.05, 4.69) is 21.2 Å². The molecule has 0 bridgehead atoms. The molecule has 110 valence electrons. The maximum absolute atomic E-state index is 13.4. The first-order valence-corrected chi connectivity index (χ1v) is 7.94. The second-order valence-electron chi connectivity index (χ2n) is 5.28. The van der Waals surface area contributed by atoms with Crippen LogP contribution in [0.15, 0.2) is 18.2 Å². The number of rotatable bonds is 4. The van der Waals surface area contributed by atoms with E-state index in [0.29, 0.717) is 5.56 Å². The Kier molecular flexibility index (Phi) is 5.02. The lowest BCUT2D eigenvalue weighted by Gasteiger charge is -2.36. The SMILES string of the molecule is COc1cc(C(=O)NC2(CBr)CCCCC2)ccc1F.